The number of benzene rings is 1. The van der Waals surface area contributed by atoms with Gasteiger partial charge in [-0.3, -0.25) is 4.79 Å². The topological polar surface area (TPSA) is 32.8 Å². The summed E-state index contributed by atoms with van der Waals surface area (Å²) in [5, 5.41) is 0. The van der Waals surface area contributed by atoms with Crippen molar-refractivity contribution in [3.05, 3.63) is 18.2 Å². The molecule has 1 amide bonds. The Balaban J connectivity index is 2.41. The fourth-order valence-electron chi connectivity index (χ4n) is 2.67. The molecule has 0 aromatic heterocycles. The molecule has 1 atom stereocenters. The molecular weight excluding hydrogens is 366 g/mol. The standard InChI is InChI=1S/C16H18F6N2O2/c1-9(2)14(25)23(3)10-4-5-11-12(6-10)26-7-13(16(20,21)22)24(11)8-15(17,18)19/h4-6,9,13H,7-8H2,1-3H3. The Morgan fingerprint density at radius 2 is 1.88 bits per heavy atom. The van der Waals surface area contributed by atoms with E-state index in [1.54, 1.807) is 13.8 Å². The first-order chi connectivity index (χ1) is 11.8. The Labute approximate surface area is 146 Å². The zero-order chi connectivity index (χ0) is 19.9. The van der Waals surface area contributed by atoms with Crippen LogP contribution in [-0.2, 0) is 4.79 Å². The van der Waals surface area contributed by atoms with Gasteiger partial charge in [0.05, 0.1) is 5.69 Å². The van der Waals surface area contributed by atoms with Gasteiger partial charge in [-0.1, -0.05) is 13.8 Å². The van der Waals surface area contributed by atoms with Gasteiger partial charge in [0, 0.05) is 24.7 Å². The fraction of sp³-hybridized carbons (Fsp3) is 0.562. The minimum absolute atomic E-state index is 0.129. The zero-order valence-corrected chi connectivity index (χ0v) is 14.3. The van der Waals surface area contributed by atoms with Gasteiger partial charge in [0.2, 0.25) is 5.91 Å². The molecule has 0 bridgehead atoms. The SMILES string of the molecule is CC(C)C(=O)N(C)c1ccc2c(c1)OCC(C(F)(F)F)N2CC(F)(F)F. The number of carbonyl (C=O) groups is 1. The summed E-state index contributed by atoms with van der Waals surface area (Å²) in [4.78, 5) is 13.5. The average Bonchev–Trinajstić information content (AvgIpc) is 2.50. The van der Waals surface area contributed by atoms with Crippen molar-refractivity contribution >= 4 is 17.3 Å². The van der Waals surface area contributed by atoms with Crippen LogP contribution < -0.4 is 14.5 Å². The maximum absolute atomic E-state index is 13.1. The second-order valence-corrected chi connectivity index (χ2v) is 6.32. The highest BCUT2D eigenvalue weighted by molar-refractivity contribution is 5.94. The van der Waals surface area contributed by atoms with Gasteiger partial charge in [-0.2, -0.15) is 26.3 Å². The molecular formula is C16H18F6N2O2. The first-order valence-corrected chi connectivity index (χ1v) is 7.76. The minimum Gasteiger partial charge on any atom is -0.489 e. The van der Waals surface area contributed by atoms with Crippen molar-refractivity contribution in [1.82, 2.24) is 0 Å². The van der Waals surface area contributed by atoms with Crippen molar-refractivity contribution in [2.24, 2.45) is 5.92 Å². The molecule has 10 heteroatoms. The van der Waals surface area contributed by atoms with Crippen molar-refractivity contribution < 1.29 is 35.9 Å². The second kappa shape index (κ2) is 6.88. The largest absolute Gasteiger partial charge is 0.489 e. The summed E-state index contributed by atoms with van der Waals surface area (Å²) >= 11 is 0. The quantitative estimate of drug-likeness (QED) is 0.739. The highest BCUT2D eigenvalue weighted by Crippen LogP contribution is 2.42. The molecule has 1 aromatic rings. The number of hydrogen-bond donors (Lipinski definition) is 0. The van der Waals surface area contributed by atoms with Crippen LogP contribution in [0.15, 0.2) is 18.2 Å². The van der Waals surface area contributed by atoms with Gasteiger partial charge in [-0.15, -0.1) is 0 Å². The third-order valence-corrected chi connectivity index (χ3v) is 3.96. The molecule has 146 valence electrons. The van der Waals surface area contributed by atoms with E-state index in [0.29, 0.717) is 5.69 Å². The molecule has 0 saturated heterocycles. The predicted molar refractivity (Wildman–Crippen MR) is 83.4 cm³/mol. The predicted octanol–water partition coefficient (Wildman–Crippen LogP) is 4.00. The monoisotopic (exact) mass is 384 g/mol. The molecule has 0 radical (unpaired) electrons. The van der Waals surface area contributed by atoms with Crippen LogP contribution in [0.25, 0.3) is 0 Å². The zero-order valence-electron chi connectivity index (χ0n) is 14.3. The Bertz CT molecular complexity index is 672. The Morgan fingerprint density at radius 3 is 2.38 bits per heavy atom. The van der Waals surface area contributed by atoms with E-state index in [1.807, 2.05) is 0 Å². The van der Waals surface area contributed by atoms with Crippen LogP contribution in [-0.4, -0.2) is 44.5 Å². The number of alkyl halides is 6. The van der Waals surface area contributed by atoms with Gasteiger partial charge in [0.1, 0.15) is 18.9 Å². The van der Waals surface area contributed by atoms with Gasteiger partial charge in [0.25, 0.3) is 0 Å². The average molecular weight is 384 g/mol. The number of rotatable bonds is 3. The molecule has 1 unspecified atom stereocenters. The molecule has 2 rings (SSSR count). The Morgan fingerprint density at radius 1 is 1.27 bits per heavy atom. The van der Waals surface area contributed by atoms with E-state index in [0.717, 1.165) is 6.07 Å². The van der Waals surface area contributed by atoms with E-state index < -0.39 is 31.5 Å². The second-order valence-electron chi connectivity index (χ2n) is 6.32. The van der Waals surface area contributed by atoms with Crippen LogP contribution in [0.1, 0.15) is 13.8 Å². The van der Waals surface area contributed by atoms with E-state index in [9.17, 15) is 31.1 Å². The maximum Gasteiger partial charge on any atom is 0.412 e. The smallest absolute Gasteiger partial charge is 0.412 e. The number of carbonyl (C=O) groups excluding carboxylic acids is 1. The molecule has 4 nitrogen and oxygen atoms in total. The van der Waals surface area contributed by atoms with Gasteiger partial charge in [-0.25, -0.2) is 0 Å². The van der Waals surface area contributed by atoms with E-state index >= 15 is 0 Å². The molecule has 1 aromatic carbocycles. The van der Waals surface area contributed by atoms with Crippen molar-refractivity contribution in [3.63, 3.8) is 0 Å². The maximum atomic E-state index is 13.1. The van der Waals surface area contributed by atoms with E-state index in [-0.39, 0.29) is 28.2 Å². The molecule has 1 aliphatic heterocycles. The molecule has 1 aliphatic rings. The van der Waals surface area contributed by atoms with Crippen LogP contribution in [0.3, 0.4) is 0 Å². The lowest BCUT2D eigenvalue weighted by Crippen LogP contribution is -2.54. The van der Waals surface area contributed by atoms with Crippen LogP contribution in [0.5, 0.6) is 5.75 Å². The van der Waals surface area contributed by atoms with Crippen molar-refractivity contribution in [1.29, 1.82) is 0 Å². The summed E-state index contributed by atoms with van der Waals surface area (Å²) in [5.74, 6) is -0.704. The number of halogens is 6. The fourth-order valence-corrected chi connectivity index (χ4v) is 2.67. The van der Waals surface area contributed by atoms with Gasteiger partial charge >= 0.3 is 12.4 Å². The summed E-state index contributed by atoms with van der Waals surface area (Å²) in [6.45, 7) is 0.630. The lowest BCUT2D eigenvalue weighted by molar-refractivity contribution is -0.166. The molecule has 0 N–H and O–H groups in total. The summed E-state index contributed by atoms with van der Waals surface area (Å²) < 4.78 is 82.8. The molecule has 26 heavy (non-hydrogen) atoms. The summed E-state index contributed by atoms with van der Waals surface area (Å²) in [5.41, 5.74) is 0.00455. The lowest BCUT2D eigenvalue weighted by Gasteiger charge is -2.39. The number of anilines is 2. The third kappa shape index (κ3) is 4.34. The van der Waals surface area contributed by atoms with Gasteiger partial charge in [0.15, 0.2) is 6.04 Å². The number of fused-ring (bicyclic) bond motifs is 1. The summed E-state index contributed by atoms with van der Waals surface area (Å²) in [7, 11) is 1.47. The van der Waals surface area contributed by atoms with Gasteiger partial charge < -0.3 is 14.5 Å². The van der Waals surface area contributed by atoms with Crippen molar-refractivity contribution in [2.45, 2.75) is 32.2 Å². The normalized spacial score (nSPS) is 17.8. The third-order valence-electron chi connectivity index (χ3n) is 3.96. The minimum atomic E-state index is -4.88. The van der Waals surface area contributed by atoms with Crippen molar-refractivity contribution in [3.8, 4) is 5.75 Å². The summed E-state index contributed by atoms with van der Waals surface area (Å²) in [6.07, 6.45) is -9.70. The van der Waals surface area contributed by atoms with E-state index in [4.69, 9.17) is 4.74 Å². The van der Waals surface area contributed by atoms with Crippen LogP contribution in [0.4, 0.5) is 37.7 Å². The van der Waals surface area contributed by atoms with Crippen LogP contribution in [0, 0.1) is 5.92 Å². The molecule has 1 heterocycles. The Hall–Kier alpha value is -2.13. The molecule has 0 spiro atoms. The Kier molecular flexibility index (Phi) is 5.34. The highest BCUT2D eigenvalue weighted by Gasteiger charge is 2.50. The number of amides is 1. The molecule has 0 aliphatic carbocycles. The number of nitrogens with zero attached hydrogens (tertiary/aromatic N) is 2. The van der Waals surface area contributed by atoms with Crippen molar-refractivity contribution in [2.75, 3.05) is 30.0 Å². The molecule has 0 fully saturated rings. The first kappa shape index (κ1) is 20.2. The lowest BCUT2D eigenvalue weighted by atomic mass is 10.1. The van der Waals surface area contributed by atoms with Crippen LogP contribution >= 0.6 is 0 Å². The highest BCUT2D eigenvalue weighted by atomic mass is 19.4. The van der Waals surface area contributed by atoms with Gasteiger partial charge in [-0.05, 0) is 12.1 Å². The van der Waals surface area contributed by atoms with E-state index in [1.165, 1.54) is 24.1 Å². The van der Waals surface area contributed by atoms with Crippen LogP contribution in [0.2, 0.25) is 0 Å². The molecule has 0 saturated carbocycles. The first-order valence-electron chi connectivity index (χ1n) is 7.76. The van der Waals surface area contributed by atoms with E-state index in [2.05, 4.69) is 0 Å². The number of ether oxygens (including phenoxy) is 1. The summed E-state index contributed by atoms with van der Waals surface area (Å²) in [6, 6.07) is 1.27. The number of hydrogen-bond acceptors (Lipinski definition) is 3.